The van der Waals surface area contributed by atoms with E-state index < -0.39 is 0 Å². The molecule has 0 saturated heterocycles. The summed E-state index contributed by atoms with van der Waals surface area (Å²) < 4.78 is 2.67. The van der Waals surface area contributed by atoms with E-state index in [1.54, 1.807) is 11.0 Å². The Morgan fingerprint density at radius 1 is 1.07 bits per heavy atom. The van der Waals surface area contributed by atoms with Crippen molar-refractivity contribution in [3.63, 3.8) is 0 Å². The van der Waals surface area contributed by atoms with Crippen LogP contribution in [0, 0.1) is 0 Å². The molecule has 4 heterocycles. The van der Waals surface area contributed by atoms with Crippen molar-refractivity contribution < 1.29 is 14.7 Å². The minimum Gasteiger partial charge on any atom is -0.506 e. The van der Waals surface area contributed by atoms with Crippen molar-refractivity contribution in [3.05, 3.63) is 86.3 Å². The van der Waals surface area contributed by atoms with E-state index in [1.807, 2.05) is 27.8 Å². The molecule has 1 unspecified atom stereocenters. The van der Waals surface area contributed by atoms with Crippen molar-refractivity contribution in [2.24, 2.45) is 9.98 Å². The van der Waals surface area contributed by atoms with Gasteiger partial charge in [0, 0.05) is 42.5 Å². The average molecular weight is 602 g/mol. The number of aromatic nitrogens is 2. The number of amides is 2. The van der Waals surface area contributed by atoms with Gasteiger partial charge >= 0.3 is 0 Å². The summed E-state index contributed by atoms with van der Waals surface area (Å²) in [4.78, 5) is 39.4. The minimum absolute atomic E-state index is 0.139. The average Bonchev–Trinajstić information content (AvgIpc) is 3.51. The number of fused-ring (bicyclic) bond motifs is 1. The molecule has 1 atom stereocenters. The maximum Gasteiger partial charge on any atom is 0.256 e. The second-order valence-corrected chi connectivity index (χ2v) is 11.7. The molecule has 1 aromatic heterocycles. The normalized spacial score (nSPS) is 19.6. The van der Waals surface area contributed by atoms with E-state index in [0.717, 1.165) is 34.3 Å². The van der Waals surface area contributed by atoms with E-state index in [0.29, 0.717) is 67.0 Å². The summed E-state index contributed by atoms with van der Waals surface area (Å²) in [5.74, 6) is 0.428. The van der Waals surface area contributed by atoms with Gasteiger partial charge in [-0.3, -0.25) is 19.6 Å². The molecule has 40 heavy (non-hydrogen) atoms. The van der Waals surface area contributed by atoms with Crippen LogP contribution in [0.4, 0.5) is 0 Å². The maximum atomic E-state index is 14.1. The predicted octanol–water partition coefficient (Wildman–Crippen LogP) is 3.13. The Kier molecular flexibility index (Phi) is 6.10. The van der Waals surface area contributed by atoms with Crippen LogP contribution in [0.1, 0.15) is 64.1 Å². The topological polar surface area (TPSA) is 103 Å². The van der Waals surface area contributed by atoms with E-state index in [1.165, 1.54) is 18.1 Å². The number of carbonyl (C=O) groups is 2. The molecule has 2 aromatic carbocycles. The number of rotatable bonds is 4. The smallest absolute Gasteiger partial charge is 0.256 e. The molecule has 10 heteroatoms. The molecule has 1 aliphatic carbocycles. The molecule has 204 valence electrons. The first-order chi connectivity index (χ1) is 19.4. The number of aromatic hydroxyl groups is 1. The van der Waals surface area contributed by atoms with Crippen molar-refractivity contribution in [2.75, 3.05) is 26.3 Å². The Hall–Kier alpha value is -3.79. The largest absolute Gasteiger partial charge is 0.506 e. The highest BCUT2D eigenvalue weighted by atomic mass is 79.9. The number of nitrogens with zero attached hydrogens (tertiary/aromatic N) is 6. The number of hydrogen-bond acceptors (Lipinski definition) is 6. The number of benzene rings is 2. The van der Waals surface area contributed by atoms with Crippen LogP contribution in [0.25, 0.3) is 5.69 Å². The molecule has 1 fully saturated rings. The first kappa shape index (κ1) is 25.2. The number of phenolic OH excluding ortho intramolecular Hbond substituents is 1. The molecule has 1 N–H and O–H groups in total. The van der Waals surface area contributed by atoms with E-state index in [4.69, 9.17) is 5.10 Å². The van der Waals surface area contributed by atoms with Crippen LogP contribution in [0.5, 0.6) is 5.75 Å². The lowest BCUT2D eigenvalue weighted by molar-refractivity contribution is -0.126. The standard InChI is InChI=1S/C30H29BrN6O3/c1-2-26(39)35-12-10-21-27-23(37(34-21)22-9-6-18(14-25(22)38)17-4-3-5-17)11-13-36(24(27)15-35)30(40)19-7-8-20(31)29-28(19)32-16-33-29/h2,6-9,14,17,24,38H,1,3-5,10-13,15-16H2. The fraction of sp³-hybridized carbons (Fsp3) is 0.367. The van der Waals surface area contributed by atoms with Crippen LogP contribution in [0.3, 0.4) is 0 Å². The summed E-state index contributed by atoms with van der Waals surface area (Å²) in [5.41, 5.74) is 5.12. The maximum absolute atomic E-state index is 14.1. The van der Waals surface area contributed by atoms with Gasteiger partial charge in [-0.1, -0.05) is 19.1 Å². The Balaban J connectivity index is 1.32. The number of phenols is 1. The van der Waals surface area contributed by atoms with Crippen molar-refractivity contribution in [1.29, 1.82) is 0 Å². The summed E-state index contributed by atoms with van der Waals surface area (Å²) in [5, 5.41) is 17.4. The van der Waals surface area contributed by atoms with E-state index in [2.05, 4.69) is 38.6 Å². The van der Waals surface area contributed by atoms with E-state index in [9.17, 15) is 14.7 Å². The lowest BCUT2D eigenvalue weighted by Crippen LogP contribution is -2.47. The molecular formula is C30H29BrN6O3. The summed E-state index contributed by atoms with van der Waals surface area (Å²) in [6, 6.07) is 9.18. The van der Waals surface area contributed by atoms with E-state index >= 15 is 0 Å². The third-order valence-corrected chi connectivity index (χ3v) is 9.39. The number of carbonyl (C=O) groups excluding carboxylic acids is 2. The summed E-state index contributed by atoms with van der Waals surface area (Å²) in [7, 11) is 0. The van der Waals surface area contributed by atoms with Gasteiger partial charge in [0.05, 0.1) is 33.7 Å². The summed E-state index contributed by atoms with van der Waals surface area (Å²) >= 11 is 3.52. The molecular weight excluding hydrogens is 572 g/mol. The van der Waals surface area contributed by atoms with Gasteiger partial charge in [-0.25, -0.2) is 4.68 Å². The zero-order chi connectivity index (χ0) is 27.5. The highest BCUT2D eigenvalue weighted by Crippen LogP contribution is 2.41. The Labute approximate surface area is 239 Å². The van der Waals surface area contributed by atoms with E-state index in [-0.39, 0.29) is 23.6 Å². The van der Waals surface area contributed by atoms with Crippen molar-refractivity contribution in [1.82, 2.24) is 19.6 Å². The van der Waals surface area contributed by atoms with Crippen LogP contribution in [-0.2, 0) is 17.6 Å². The quantitative estimate of drug-likeness (QED) is 0.465. The zero-order valence-electron chi connectivity index (χ0n) is 22.0. The van der Waals surface area contributed by atoms with Crippen molar-refractivity contribution >= 4 is 27.7 Å². The van der Waals surface area contributed by atoms with Gasteiger partial charge in [0.15, 0.2) is 0 Å². The molecule has 3 aromatic rings. The predicted molar refractivity (Wildman–Crippen MR) is 151 cm³/mol. The van der Waals surface area contributed by atoms with Gasteiger partial charge in [0.1, 0.15) is 18.1 Å². The molecule has 0 radical (unpaired) electrons. The third-order valence-electron chi connectivity index (χ3n) is 8.75. The minimum atomic E-state index is -0.388. The highest BCUT2D eigenvalue weighted by Gasteiger charge is 2.40. The second kappa shape index (κ2) is 9.69. The lowest BCUT2D eigenvalue weighted by atomic mass is 9.80. The molecule has 0 spiro atoms. The van der Waals surface area contributed by atoms with Gasteiger partial charge < -0.3 is 14.9 Å². The molecule has 2 amide bonds. The van der Waals surface area contributed by atoms with Gasteiger partial charge in [0.25, 0.3) is 5.91 Å². The molecule has 1 saturated carbocycles. The second-order valence-electron chi connectivity index (χ2n) is 10.8. The summed E-state index contributed by atoms with van der Waals surface area (Å²) in [6.45, 7) is 5.24. The first-order valence-corrected chi connectivity index (χ1v) is 14.6. The first-order valence-electron chi connectivity index (χ1n) is 13.8. The Morgan fingerprint density at radius 3 is 2.65 bits per heavy atom. The molecule has 4 aliphatic rings. The monoisotopic (exact) mass is 600 g/mol. The van der Waals surface area contributed by atoms with Crippen LogP contribution in [0.15, 0.2) is 57.4 Å². The number of halogens is 1. The Bertz CT molecular complexity index is 1710. The van der Waals surface area contributed by atoms with Crippen LogP contribution < -0.4 is 10.7 Å². The van der Waals surface area contributed by atoms with Gasteiger partial charge in [0.2, 0.25) is 5.91 Å². The highest BCUT2D eigenvalue weighted by molar-refractivity contribution is 9.10. The fourth-order valence-electron chi connectivity index (χ4n) is 6.45. The molecule has 7 rings (SSSR count). The van der Waals surface area contributed by atoms with Gasteiger partial charge in [-0.15, -0.1) is 0 Å². The molecule has 9 nitrogen and oxygen atoms in total. The van der Waals surface area contributed by atoms with Gasteiger partial charge in [-0.05, 0) is 70.6 Å². The van der Waals surface area contributed by atoms with Crippen LogP contribution >= 0.6 is 15.9 Å². The Morgan fingerprint density at radius 2 is 1.90 bits per heavy atom. The number of hydrogen-bond donors (Lipinski definition) is 1. The SMILES string of the molecule is C=CC(=O)N1CCc2nn(-c3ccc(C4CCC4)cc3O)c3c2C(C1)N(C(=O)c1ccc(Br)c2c1=NCN=2)CC3. The van der Waals surface area contributed by atoms with Gasteiger partial charge in [-0.2, -0.15) is 5.10 Å². The molecule has 0 bridgehead atoms. The third kappa shape index (κ3) is 3.91. The molecule has 3 aliphatic heterocycles. The zero-order valence-corrected chi connectivity index (χ0v) is 23.6. The summed E-state index contributed by atoms with van der Waals surface area (Å²) in [6.07, 6.45) is 6.00. The lowest BCUT2D eigenvalue weighted by Gasteiger charge is -2.38. The fourth-order valence-corrected chi connectivity index (χ4v) is 6.90. The van der Waals surface area contributed by atoms with Crippen LogP contribution in [0.2, 0.25) is 0 Å². The van der Waals surface area contributed by atoms with Crippen molar-refractivity contribution in [3.8, 4) is 11.4 Å². The van der Waals surface area contributed by atoms with Crippen molar-refractivity contribution in [2.45, 2.75) is 44.1 Å². The van der Waals surface area contributed by atoms with Crippen LogP contribution in [-0.4, -0.2) is 62.8 Å².